The highest BCUT2D eigenvalue weighted by molar-refractivity contribution is 5.96. The van der Waals surface area contributed by atoms with Crippen molar-refractivity contribution in [3.05, 3.63) is 54.3 Å². The van der Waals surface area contributed by atoms with Crippen molar-refractivity contribution in [3.8, 4) is 5.75 Å². The van der Waals surface area contributed by atoms with Crippen molar-refractivity contribution < 1.29 is 23.9 Å². The number of aldehydes is 1. The van der Waals surface area contributed by atoms with Crippen LogP contribution in [0.2, 0.25) is 0 Å². The van der Waals surface area contributed by atoms with Crippen molar-refractivity contribution in [2.45, 2.75) is 19.4 Å². The van der Waals surface area contributed by atoms with E-state index in [0.717, 1.165) is 12.1 Å². The van der Waals surface area contributed by atoms with Crippen LogP contribution in [0.1, 0.15) is 13.3 Å². The van der Waals surface area contributed by atoms with Gasteiger partial charge >= 0.3 is 0 Å². The first kappa shape index (κ1) is 19.4. The molecule has 26 heavy (non-hydrogen) atoms. The number of carbonyl (C=O) groups excluding carboxylic acids is 2. The number of hydroxylamine groups is 1. The van der Waals surface area contributed by atoms with Crippen molar-refractivity contribution >= 4 is 23.6 Å². The Balaban J connectivity index is 2.13. The molecule has 0 aliphatic rings. The van der Waals surface area contributed by atoms with Crippen molar-refractivity contribution in [1.29, 1.82) is 0 Å². The maximum absolute atomic E-state index is 13.0. The molecule has 0 heterocycles. The van der Waals surface area contributed by atoms with Gasteiger partial charge in [-0.1, -0.05) is 12.1 Å². The lowest BCUT2D eigenvalue weighted by Crippen LogP contribution is -2.39. The third-order valence-electron chi connectivity index (χ3n) is 3.85. The van der Waals surface area contributed by atoms with Gasteiger partial charge in [0.05, 0.1) is 24.4 Å². The summed E-state index contributed by atoms with van der Waals surface area (Å²) in [6.07, 6.45) is 0.220. The molecule has 0 fully saturated rings. The molecule has 1 N–H and O–H groups in total. The van der Waals surface area contributed by atoms with Gasteiger partial charge in [-0.25, -0.2) is 9.45 Å². The zero-order chi connectivity index (χ0) is 19.1. The topological polar surface area (TPSA) is 70.1 Å². The van der Waals surface area contributed by atoms with Gasteiger partial charge in [0.1, 0.15) is 23.9 Å². The van der Waals surface area contributed by atoms with Crippen LogP contribution >= 0.6 is 0 Å². The van der Waals surface area contributed by atoms with Crippen molar-refractivity contribution in [1.82, 2.24) is 0 Å². The van der Waals surface area contributed by atoms with Crippen LogP contribution in [0.5, 0.6) is 5.75 Å². The second kappa shape index (κ2) is 8.96. The van der Waals surface area contributed by atoms with E-state index in [1.165, 1.54) is 17.0 Å². The van der Waals surface area contributed by atoms with Crippen LogP contribution in [-0.4, -0.2) is 37.1 Å². The summed E-state index contributed by atoms with van der Waals surface area (Å²) in [7, 11) is 1.57. The van der Waals surface area contributed by atoms with Crippen LogP contribution < -0.4 is 14.7 Å². The van der Waals surface area contributed by atoms with Gasteiger partial charge in [0, 0.05) is 7.05 Å². The first-order chi connectivity index (χ1) is 12.5. The number of amides is 1. The van der Waals surface area contributed by atoms with Crippen LogP contribution in [0.25, 0.3) is 0 Å². The molecule has 138 valence electrons. The lowest BCUT2D eigenvalue weighted by Gasteiger charge is -2.26. The Labute approximate surface area is 151 Å². The lowest BCUT2D eigenvalue weighted by molar-refractivity contribution is -0.121. The minimum Gasteiger partial charge on any atom is -0.492 e. The van der Waals surface area contributed by atoms with Crippen molar-refractivity contribution in [2.75, 3.05) is 23.6 Å². The molecule has 0 bridgehead atoms. The van der Waals surface area contributed by atoms with E-state index in [9.17, 15) is 19.2 Å². The number of anilines is 2. The molecule has 0 saturated carbocycles. The first-order valence-corrected chi connectivity index (χ1v) is 8.15. The number of ether oxygens (including phenoxy) is 1. The van der Waals surface area contributed by atoms with Gasteiger partial charge in [-0.05, 0) is 43.3 Å². The summed E-state index contributed by atoms with van der Waals surface area (Å²) in [5, 5.41) is 10.9. The maximum atomic E-state index is 13.0. The van der Waals surface area contributed by atoms with Crippen LogP contribution in [0.15, 0.2) is 48.5 Å². The maximum Gasteiger partial charge on any atom is 0.229 e. The molecule has 0 radical (unpaired) electrons. The van der Waals surface area contributed by atoms with Gasteiger partial charge in [0.15, 0.2) is 0 Å². The van der Waals surface area contributed by atoms with Crippen molar-refractivity contribution in [3.63, 3.8) is 0 Å². The molecule has 1 amide bonds. The molecule has 2 rings (SSSR count). The normalized spacial score (nSPS) is 11.5. The number of hydrogen-bond donors (Lipinski definition) is 1. The summed E-state index contributed by atoms with van der Waals surface area (Å²) in [5.74, 6) is -0.295. The standard InChI is InChI=1S/C19H21FN2O4/c1-3-26-18-7-5-4-6-17(18)21(2)19(24)12-16(13-23)22(25)15-10-8-14(20)9-11-15/h4-11,13,16,25H,3,12H2,1-2H3. The minimum absolute atomic E-state index is 0.216. The van der Waals surface area contributed by atoms with E-state index in [1.807, 2.05) is 6.92 Å². The molecule has 7 heteroatoms. The monoisotopic (exact) mass is 360 g/mol. The summed E-state index contributed by atoms with van der Waals surface area (Å²) in [6, 6.07) is 10.9. The van der Waals surface area contributed by atoms with E-state index in [-0.39, 0.29) is 18.0 Å². The quantitative estimate of drug-likeness (QED) is 0.579. The lowest BCUT2D eigenvalue weighted by atomic mass is 10.1. The molecule has 2 aromatic carbocycles. The van der Waals surface area contributed by atoms with E-state index >= 15 is 0 Å². The highest BCUT2D eigenvalue weighted by Gasteiger charge is 2.24. The Bertz CT molecular complexity index is 751. The fourth-order valence-corrected chi connectivity index (χ4v) is 2.44. The molecule has 0 spiro atoms. The van der Waals surface area contributed by atoms with E-state index in [2.05, 4.69) is 0 Å². The van der Waals surface area contributed by atoms with E-state index in [0.29, 0.717) is 29.4 Å². The molecular formula is C19H21FN2O4. The van der Waals surface area contributed by atoms with Crippen LogP contribution in [0.3, 0.4) is 0 Å². The Morgan fingerprint density at radius 3 is 2.50 bits per heavy atom. The SMILES string of the molecule is CCOc1ccccc1N(C)C(=O)CC(C=O)N(O)c1ccc(F)cc1. The molecule has 0 aliphatic carbocycles. The Morgan fingerprint density at radius 1 is 1.23 bits per heavy atom. The fourth-order valence-electron chi connectivity index (χ4n) is 2.44. The molecular weight excluding hydrogens is 339 g/mol. The Kier molecular flexibility index (Phi) is 6.68. The van der Waals surface area contributed by atoms with E-state index in [4.69, 9.17) is 4.74 Å². The average Bonchev–Trinajstić information content (AvgIpc) is 2.66. The second-order valence-electron chi connectivity index (χ2n) is 5.58. The number of halogens is 1. The summed E-state index contributed by atoms with van der Waals surface area (Å²) < 4.78 is 18.5. The first-order valence-electron chi connectivity index (χ1n) is 8.15. The molecule has 6 nitrogen and oxygen atoms in total. The number of nitrogens with zero attached hydrogens (tertiary/aromatic N) is 2. The van der Waals surface area contributed by atoms with Crippen LogP contribution in [0, 0.1) is 5.82 Å². The van der Waals surface area contributed by atoms with E-state index < -0.39 is 11.9 Å². The van der Waals surface area contributed by atoms with Gasteiger partial charge in [-0.3, -0.25) is 10.0 Å². The van der Waals surface area contributed by atoms with Gasteiger partial charge in [0.2, 0.25) is 5.91 Å². The predicted molar refractivity (Wildman–Crippen MR) is 96.2 cm³/mol. The molecule has 0 aromatic heterocycles. The van der Waals surface area contributed by atoms with Gasteiger partial charge < -0.3 is 14.4 Å². The highest BCUT2D eigenvalue weighted by atomic mass is 19.1. The minimum atomic E-state index is -1.10. The van der Waals surface area contributed by atoms with Gasteiger partial charge in [-0.2, -0.15) is 0 Å². The summed E-state index contributed by atoms with van der Waals surface area (Å²) in [4.78, 5) is 25.3. The highest BCUT2D eigenvalue weighted by Crippen LogP contribution is 2.28. The van der Waals surface area contributed by atoms with Crippen LogP contribution in [0.4, 0.5) is 15.8 Å². The number of benzene rings is 2. The predicted octanol–water partition coefficient (Wildman–Crippen LogP) is 3.04. The van der Waals surface area contributed by atoms with E-state index in [1.54, 1.807) is 31.3 Å². The third kappa shape index (κ3) is 4.58. The Morgan fingerprint density at radius 2 is 1.88 bits per heavy atom. The summed E-state index contributed by atoms with van der Waals surface area (Å²) >= 11 is 0. The number of hydrogen-bond acceptors (Lipinski definition) is 5. The smallest absolute Gasteiger partial charge is 0.229 e. The summed E-state index contributed by atoms with van der Waals surface area (Å²) in [5.41, 5.74) is 0.781. The molecule has 2 aromatic rings. The third-order valence-corrected chi connectivity index (χ3v) is 3.85. The molecule has 0 saturated heterocycles. The zero-order valence-corrected chi connectivity index (χ0v) is 14.6. The van der Waals surface area contributed by atoms with Gasteiger partial charge in [-0.15, -0.1) is 0 Å². The number of carbonyl (C=O) groups is 2. The van der Waals surface area contributed by atoms with Gasteiger partial charge in [0.25, 0.3) is 0 Å². The molecule has 1 atom stereocenters. The summed E-state index contributed by atoms with van der Waals surface area (Å²) in [6.45, 7) is 2.29. The van der Waals surface area contributed by atoms with Crippen LogP contribution in [-0.2, 0) is 9.59 Å². The fraction of sp³-hybridized carbons (Fsp3) is 0.263. The largest absolute Gasteiger partial charge is 0.492 e. The molecule has 1 unspecified atom stereocenters. The second-order valence-corrected chi connectivity index (χ2v) is 5.58. The molecule has 0 aliphatic heterocycles. The van der Waals surface area contributed by atoms with Crippen molar-refractivity contribution in [2.24, 2.45) is 0 Å². The Hall–Kier alpha value is -2.93. The average molecular weight is 360 g/mol. The zero-order valence-electron chi connectivity index (χ0n) is 14.6. The number of para-hydroxylation sites is 2. The number of rotatable bonds is 8.